The van der Waals surface area contributed by atoms with Crippen molar-refractivity contribution in [3.8, 4) is 10.6 Å². The average molecular weight is 381 g/mol. The van der Waals surface area contributed by atoms with E-state index in [0.29, 0.717) is 5.56 Å². The summed E-state index contributed by atoms with van der Waals surface area (Å²) in [5, 5.41) is 3.76. The van der Waals surface area contributed by atoms with Gasteiger partial charge in [-0.15, -0.1) is 22.7 Å². The molecule has 3 aromatic rings. The molecular weight excluding hydrogens is 367 g/mol. The van der Waals surface area contributed by atoms with Gasteiger partial charge in [0.25, 0.3) is 0 Å². The molecule has 3 nitrogen and oxygen atoms in total. The van der Waals surface area contributed by atoms with Crippen LogP contribution < -0.4 is 0 Å². The summed E-state index contributed by atoms with van der Waals surface area (Å²) in [5.41, 5.74) is 2.54. The monoisotopic (exact) mass is 380 g/mol. The number of carbonyl (C=O) groups is 1. The van der Waals surface area contributed by atoms with Crippen LogP contribution in [0.2, 0.25) is 5.02 Å². The Balaban J connectivity index is 1.69. The van der Waals surface area contributed by atoms with Gasteiger partial charge in [-0.1, -0.05) is 17.7 Å². The molecule has 0 N–H and O–H groups in total. The molecule has 0 unspecified atom stereocenters. The zero-order chi connectivity index (χ0) is 17.3. The van der Waals surface area contributed by atoms with Gasteiger partial charge in [0.15, 0.2) is 0 Å². The molecular formula is C17H14ClFN2OS2. The van der Waals surface area contributed by atoms with Gasteiger partial charge in [-0.3, -0.25) is 4.79 Å². The number of carbonyl (C=O) groups excluding carboxylic acids is 1. The SMILES string of the molecule is Cc1nc(C)c(-c2csc(CC(=O)Cc3ccc(F)c(Cl)c3)n2)s1. The van der Waals surface area contributed by atoms with Crippen LogP contribution in [0.5, 0.6) is 0 Å². The summed E-state index contributed by atoms with van der Waals surface area (Å²) in [7, 11) is 0. The molecule has 0 aliphatic rings. The molecule has 0 radical (unpaired) electrons. The van der Waals surface area contributed by atoms with Crippen molar-refractivity contribution in [1.82, 2.24) is 9.97 Å². The van der Waals surface area contributed by atoms with E-state index in [0.717, 1.165) is 26.3 Å². The zero-order valence-electron chi connectivity index (χ0n) is 13.1. The smallest absolute Gasteiger partial charge is 0.144 e. The zero-order valence-corrected chi connectivity index (χ0v) is 15.5. The number of thiazole rings is 2. The van der Waals surface area contributed by atoms with Crippen molar-refractivity contribution in [2.45, 2.75) is 26.7 Å². The second-order valence-electron chi connectivity index (χ2n) is 5.41. The largest absolute Gasteiger partial charge is 0.299 e. The number of ketones is 1. The summed E-state index contributed by atoms with van der Waals surface area (Å²) in [5.74, 6) is -0.455. The van der Waals surface area contributed by atoms with Crippen LogP contribution in [0.3, 0.4) is 0 Å². The van der Waals surface area contributed by atoms with E-state index in [4.69, 9.17) is 11.6 Å². The molecule has 24 heavy (non-hydrogen) atoms. The van der Waals surface area contributed by atoms with E-state index in [1.54, 1.807) is 17.4 Å². The summed E-state index contributed by atoms with van der Waals surface area (Å²) in [4.78, 5) is 22.2. The number of hydrogen-bond donors (Lipinski definition) is 0. The van der Waals surface area contributed by atoms with Gasteiger partial charge in [-0.05, 0) is 31.5 Å². The van der Waals surface area contributed by atoms with Crippen molar-refractivity contribution in [2.24, 2.45) is 0 Å². The molecule has 0 saturated carbocycles. The van der Waals surface area contributed by atoms with Crippen molar-refractivity contribution in [1.29, 1.82) is 0 Å². The number of benzene rings is 1. The van der Waals surface area contributed by atoms with E-state index in [9.17, 15) is 9.18 Å². The predicted molar refractivity (Wildman–Crippen MR) is 96.5 cm³/mol. The first-order chi connectivity index (χ1) is 11.4. The van der Waals surface area contributed by atoms with Gasteiger partial charge in [0.2, 0.25) is 0 Å². The van der Waals surface area contributed by atoms with Gasteiger partial charge in [0, 0.05) is 11.8 Å². The summed E-state index contributed by atoms with van der Waals surface area (Å²) in [6.45, 7) is 3.92. The number of hydrogen-bond acceptors (Lipinski definition) is 5. The summed E-state index contributed by atoms with van der Waals surface area (Å²) >= 11 is 8.81. The Kier molecular flexibility index (Phi) is 5.08. The Morgan fingerprint density at radius 3 is 2.71 bits per heavy atom. The van der Waals surface area contributed by atoms with Crippen molar-refractivity contribution < 1.29 is 9.18 Å². The highest BCUT2D eigenvalue weighted by molar-refractivity contribution is 7.16. The van der Waals surface area contributed by atoms with Crippen LogP contribution in [0, 0.1) is 19.7 Å². The number of halogens is 2. The third-order valence-electron chi connectivity index (χ3n) is 3.42. The lowest BCUT2D eigenvalue weighted by Crippen LogP contribution is -2.06. The number of aryl methyl sites for hydroxylation is 2. The van der Waals surface area contributed by atoms with Crippen molar-refractivity contribution in [3.63, 3.8) is 0 Å². The Morgan fingerprint density at radius 2 is 2.04 bits per heavy atom. The van der Waals surface area contributed by atoms with E-state index >= 15 is 0 Å². The lowest BCUT2D eigenvalue weighted by atomic mass is 10.1. The molecule has 0 bridgehead atoms. The normalized spacial score (nSPS) is 11.0. The van der Waals surface area contributed by atoms with Gasteiger partial charge < -0.3 is 0 Å². The Labute approximate surface area is 152 Å². The van der Waals surface area contributed by atoms with E-state index in [2.05, 4.69) is 9.97 Å². The first-order valence-electron chi connectivity index (χ1n) is 7.27. The average Bonchev–Trinajstić information content (AvgIpc) is 3.09. The van der Waals surface area contributed by atoms with Gasteiger partial charge >= 0.3 is 0 Å². The fourth-order valence-corrected chi connectivity index (χ4v) is 4.35. The quantitative estimate of drug-likeness (QED) is 0.623. The number of aromatic nitrogens is 2. The highest BCUT2D eigenvalue weighted by atomic mass is 35.5. The highest BCUT2D eigenvalue weighted by Crippen LogP contribution is 2.30. The fourth-order valence-electron chi connectivity index (χ4n) is 2.37. The number of nitrogens with zero attached hydrogens (tertiary/aromatic N) is 2. The Morgan fingerprint density at radius 1 is 1.25 bits per heavy atom. The molecule has 0 fully saturated rings. The van der Waals surface area contributed by atoms with Crippen LogP contribution >= 0.6 is 34.3 Å². The lowest BCUT2D eigenvalue weighted by molar-refractivity contribution is -0.117. The molecule has 3 rings (SSSR count). The maximum atomic E-state index is 13.2. The lowest BCUT2D eigenvalue weighted by Gasteiger charge is -2.01. The Hall–Kier alpha value is -1.63. The molecule has 2 heterocycles. The molecule has 0 saturated heterocycles. The van der Waals surface area contributed by atoms with Gasteiger partial charge in [0.1, 0.15) is 16.6 Å². The molecule has 0 amide bonds. The van der Waals surface area contributed by atoms with Gasteiger partial charge in [-0.2, -0.15) is 0 Å². The van der Waals surface area contributed by atoms with Crippen LogP contribution in [0.25, 0.3) is 10.6 Å². The molecule has 2 aromatic heterocycles. The Bertz CT molecular complexity index is 904. The van der Waals surface area contributed by atoms with Crippen LogP contribution in [0.15, 0.2) is 23.6 Å². The first kappa shape index (κ1) is 17.2. The second kappa shape index (κ2) is 7.09. The predicted octanol–water partition coefficient (Wildman–Crippen LogP) is 5.03. The standard InChI is InChI=1S/C17H14ClFN2OS2/c1-9-17(24-10(2)20-9)15-8-23-16(21-15)7-12(22)5-11-3-4-14(19)13(18)6-11/h3-4,6,8H,5,7H2,1-2H3. The van der Waals surface area contributed by atoms with E-state index < -0.39 is 5.82 Å². The van der Waals surface area contributed by atoms with E-state index in [1.807, 2.05) is 19.2 Å². The van der Waals surface area contributed by atoms with Crippen molar-refractivity contribution in [2.75, 3.05) is 0 Å². The molecule has 1 aromatic carbocycles. The number of rotatable bonds is 5. The van der Waals surface area contributed by atoms with E-state index in [-0.39, 0.29) is 23.6 Å². The minimum absolute atomic E-state index is 0.0239. The van der Waals surface area contributed by atoms with E-state index in [1.165, 1.54) is 23.5 Å². The first-order valence-corrected chi connectivity index (χ1v) is 9.34. The third kappa shape index (κ3) is 3.88. The fraction of sp³-hybridized carbons (Fsp3) is 0.235. The summed E-state index contributed by atoms with van der Waals surface area (Å²) in [6.07, 6.45) is 0.476. The second-order valence-corrected chi connectivity index (χ2v) is 7.97. The summed E-state index contributed by atoms with van der Waals surface area (Å²) in [6, 6.07) is 4.35. The minimum Gasteiger partial charge on any atom is -0.299 e. The van der Waals surface area contributed by atoms with Gasteiger partial charge in [-0.25, -0.2) is 14.4 Å². The topological polar surface area (TPSA) is 42.9 Å². The van der Waals surface area contributed by atoms with Crippen LogP contribution in [-0.2, 0) is 17.6 Å². The third-order valence-corrected chi connectivity index (χ3v) is 5.66. The maximum Gasteiger partial charge on any atom is 0.144 e. The molecule has 0 atom stereocenters. The van der Waals surface area contributed by atoms with Crippen LogP contribution in [0.1, 0.15) is 21.3 Å². The molecule has 0 spiro atoms. The molecule has 7 heteroatoms. The molecule has 0 aliphatic carbocycles. The highest BCUT2D eigenvalue weighted by Gasteiger charge is 2.14. The number of Topliss-reactive ketones (excluding diaryl/α,β-unsaturated/α-hetero) is 1. The van der Waals surface area contributed by atoms with Gasteiger partial charge in [0.05, 0.1) is 32.7 Å². The minimum atomic E-state index is -0.479. The van der Waals surface area contributed by atoms with Crippen LogP contribution in [-0.4, -0.2) is 15.8 Å². The summed E-state index contributed by atoms with van der Waals surface area (Å²) < 4.78 is 13.2. The van der Waals surface area contributed by atoms with Crippen molar-refractivity contribution >= 4 is 40.1 Å². The van der Waals surface area contributed by atoms with Crippen molar-refractivity contribution in [3.05, 3.63) is 55.7 Å². The molecule has 124 valence electrons. The molecule has 0 aliphatic heterocycles. The van der Waals surface area contributed by atoms with Crippen LogP contribution in [0.4, 0.5) is 4.39 Å². The maximum absolute atomic E-state index is 13.2.